The van der Waals surface area contributed by atoms with Gasteiger partial charge >= 0.3 is 0 Å². The summed E-state index contributed by atoms with van der Waals surface area (Å²) in [4.78, 5) is 4.05. The molecule has 0 saturated heterocycles. The zero-order chi connectivity index (χ0) is 6.97. The van der Waals surface area contributed by atoms with Gasteiger partial charge in [0.05, 0.1) is 24.2 Å². The third-order valence-corrected chi connectivity index (χ3v) is 1.68. The molecule has 3 heteroatoms. The van der Waals surface area contributed by atoms with E-state index >= 15 is 0 Å². The van der Waals surface area contributed by atoms with Gasteiger partial charge in [-0.25, -0.2) is 0 Å². The lowest BCUT2D eigenvalue weighted by Crippen LogP contribution is -1.99. The van der Waals surface area contributed by atoms with E-state index in [1.807, 2.05) is 19.3 Å². The summed E-state index contributed by atoms with van der Waals surface area (Å²) in [7, 11) is 0. The molecule has 0 radical (unpaired) electrons. The van der Waals surface area contributed by atoms with Crippen LogP contribution in [0.15, 0.2) is 12.4 Å². The Morgan fingerprint density at radius 3 is 3.10 bits per heavy atom. The van der Waals surface area contributed by atoms with E-state index < -0.39 is 0 Å². The largest absolute Gasteiger partial charge is 0.366 e. The summed E-state index contributed by atoms with van der Waals surface area (Å²) in [6.45, 7) is 2.87. The van der Waals surface area contributed by atoms with Crippen molar-refractivity contribution in [3.8, 4) is 0 Å². The summed E-state index contributed by atoms with van der Waals surface area (Å²) < 4.78 is 0. The number of anilines is 2. The van der Waals surface area contributed by atoms with E-state index in [1.54, 1.807) is 0 Å². The number of hydrogen-bond donors (Lipinski definition) is 2. The van der Waals surface area contributed by atoms with Crippen molar-refractivity contribution < 1.29 is 0 Å². The van der Waals surface area contributed by atoms with Crippen LogP contribution in [-0.2, 0) is 0 Å². The van der Waals surface area contributed by atoms with Crippen molar-refractivity contribution in [3.63, 3.8) is 0 Å². The quantitative estimate of drug-likeness (QED) is 0.561. The van der Waals surface area contributed by atoms with Crippen LogP contribution in [0.1, 0.15) is 5.56 Å². The molecule has 10 heavy (non-hydrogen) atoms. The van der Waals surface area contributed by atoms with Gasteiger partial charge in [0.1, 0.15) is 0 Å². The lowest BCUT2D eigenvalue weighted by molar-refractivity contribution is 1.28. The Kier molecular flexibility index (Phi) is 1.03. The normalized spacial score (nSPS) is 13.7. The van der Waals surface area contributed by atoms with Gasteiger partial charge in [0.2, 0.25) is 0 Å². The first-order valence-corrected chi connectivity index (χ1v) is 3.30. The summed E-state index contributed by atoms with van der Waals surface area (Å²) in [5.41, 5.74) is 3.50. The van der Waals surface area contributed by atoms with Crippen LogP contribution in [0, 0.1) is 6.92 Å². The molecule has 0 spiro atoms. The number of aryl methyl sites for hydroxylation is 1. The van der Waals surface area contributed by atoms with E-state index in [4.69, 9.17) is 0 Å². The molecule has 3 nitrogen and oxygen atoms in total. The van der Waals surface area contributed by atoms with E-state index in [2.05, 4.69) is 15.6 Å². The summed E-state index contributed by atoms with van der Waals surface area (Å²) in [6.07, 6.45) is 3.70. The lowest BCUT2D eigenvalue weighted by Gasteiger charge is -1.99. The van der Waals surface area contributed by atoms with Crippen LogP contribution in [0.25, 0.3) is 0 Å². The molecule has 1 aromatic heterocycles. The molecule has 2 rings (SSSR count). The molecular weight excluding hydrogens is 126 g/mol. The van der Waals surface area contributed by atoms with Crippen molar-refractivity contribution >= 4 is 11.4 Å². The summed E-state index contributed by atoms with van der Waals surface area (Å²) >= 11 is 0. The minimum Gasteiger partial charge on any atom is -0.366 e. The Labute approximate surface area is 59.5 Å². The minimum atomic E-state index is 0.821. The number of rotatable bonds is 0. The van der Waals surface area contributed by atoms with Crippen molar-refractivity contribution in [1.82, 2.24) is 4.98 Å². The first kappa shape index (κ1) is 5.53. The van der Waals surface area contributed by atoms with Crippen LogP contribution in [-0.4, -0.2) is 11.7 Å². The van der Waals surface area contributed by atoms with Crippen molar-refractivity contribution in [2.45, 2.75) is 6.92 Å². The maximum atomic E-state index is 4.05. The Morgan fingerprint density at radius 2 is 2.30 bits per heavy atom. The van der Waals surface area contributed by atoms with Crippen LogP contribution >= 0.6 is 0 Å². The van der Waals surface area contributed by atoms with Gasteiger partial charge in [-0.15, -0.1) is 0 Å². The average Bonchev–Trinajstić information content (AvgIpc) is 2.36. The third kappa shape index (κ3) is 0.635. The zero-order valence-electron chi connectivity index (χ0n) is 5.81. The molecule has 0 saturated carbocycles. The monoisotopic (exact) mass is 135 g/mol. The van der Waals surface area contributed by atoms with E-state index in [9.17, 15) is 0 Å². The molecular formula is C7H9N3. The minimum absolute atomic E-state index is 0.821. The third-order valence-electron chi connectivity index (χ3n) is 1.68. The molecule has 1 aliphatic heterocycles. The van der Waals surface area contributed by atoms with E-state index in [1.165, 1.54) is 11.3 Å². The second kappa shape index (κ2) is 1.87. The standard InChI is InChI=1S/C7H9N3/c1-5-2-8-3-6-7(5)10-4-9-6/h2-3,9-10H,4H2,1H3. The van der Waals surface area contributed by atoms with Crippen molar-refractivity contribution in [2.24, 2.45) is 0 Å². The van der Waals surface area contributed by atoms with Gasteiger partial charge in [-0.1, -0.05) is 0 Å². The highest BCUT2D eigenvalue weighted by atomic mass is 15.1. The molecule has 1 aromatic rings. The fourth-order valence-electron chi connectivity index (χ4n) is 1.16. The van der Waals surface area contributed by atoms with Gasteiger partial charge < -0.3 is 10.6 Å². The van der Waals surface area contributed by atoms with Crippen LogP contribution in [0.5, 0.6) is 0 Å². The average molecular weight is 135 g/mol. The molecule has 2 heterocycles. The number of pyridine rings is 1. The van der Waals surface area contributed by atoms with Gasteiger partial charge in [-0.3, -0.25) is 4.98 Å². The molecule has 0 aromatic carbocycles. The SMILES string of the molecule is Cc1cncc2c1NCN2. The molecule has 2 N–H and O–H groups in total. The van der Waals surface area contributed by atoms with Crippen LogP contribution in [0.4, 0.5) is 11.4 Å². The molecule has 0 atom stereocenters. The summed E-state index contributed by atoms with van der Waals surface area (Å²) in [5.74, 6) is 0. The molecule has 1 aliphatic rings. The maximum Gasteiger partial charge on any atom is 0.0851 e. The van der Waals surface area contributed by atoms with Crippen molar-refractivity contribution in [3.05, 3.63) is 18.0 Å². The van der Waals surface area contributed by atoms with Gasteiger partial charge in [0, 0.05) is 6.20 Å². The molecule has 0 unspecified atom stereocenters. The van der Waals surface area contributed by atoms with E-state index in [0.29, 0.717) is 0 Å². The fraction of sp³-hybridized carbons (Fsp3) is 0.286. The lowest BCUT2D eigenvalue weighted by atomic mass is 10.2. The molecule has 52 valence electrons. The second-order valence-corrected chi connectivity index (χ2v) is 2.41. The molecule has 0 fully saturated rings. The van der Waals surface area contributed by atoms with Crippen molar-refractivity contribution in [1.29, 1.82) is 0 Å². The highest BCUT2D eigenvalue weighted by Crippen LogP contribution is 2.27. The number of nitrogens with zero attached hydrogens (tertiary/aromatic N) is 1. The van der Waals surface area contributed by atoms with Gasteiger partial charge in [-0.2, -0.15) is 0 Å². The number of nitrogens with one attached hydrogen (secondary N) is 2. The summed E-state index contributed by atoms with van der Waals surface area (Å²) in [5, 5.41) is 6.38. The second-order valence-electron chi connectivity index (χ2n) is 2.41. The predicted octanol–water partition coefficient (Wildman–Crippen LogP) is 1.18. The Morgan fingerprint density at radius 1 is 1.40 bits per heavy atom. The zero-order valence-corrected chi connectivity index (χ0v) is 5.81. The van der Waals surface area contributed by atoms with Gasteiger partial charge in [-0.05, 0) is 12.5 Å². The van der Waals surface area contributed by atoms with Gasteiger partial charge in [0.15, 0.2) is 0 Å². The molecule has 0 bridgehead atoms. The Bertz CT molecular complexity index is 257. The number of hydrogen-bond acceptors (Lipinski definition) is 3. The topological polar surface area (TPSA) is 37.0 Å². The van der Waals surface area contributed by atoms with Crippen LogP contribution in [0.3, 0.4) is 0 Å². The van der Waals surface area contributed by atoms with E-state index in [-0.39, 0.29) is 0 Å². The summed E-state index contributed by atoms with van der Waals surface area (Å²) in [6, 6.07) is 0. The van der Waals surface area contributed by atoms with E-state index in [0.717, 1.165) is 12.4 Å². The first-order chi connectivity index (χ1) is 4.88. The van der Waals surface area contributed by atoms with Crippen LogP contribution < -0.4 is 10.6 Å². The van der Waals surface area contributed by atoms with Crippen molar-refractivity contribution in [2.75, 3.05) is 17.3 Å². The number of aromatic nitrogens is 1. The first-order valence-electron chi connectivity index (χ1n) is 3.30. The molecule has 0 aliphatic carbocycles. The highest BCUT2D eigenvalue weighted by molar-refractivity contribution is 5.74. The van der Waals surface area contributed by atoms with Crippen LogP contribution in [0.2, 0.25) is 0 Å². The fourth-order valence-corrected chi connectivity index (χ4v) is 1.16. The predicted molar refractivity (Wildman–Crippen MR) is 41.1 cm³/mol. The number of fused-ring (bicyclic) bond motifs is 1. The smallest absolute Gasteiger partial charge is 0.0851 e. The maximum absolute atomic E-state index is 4.05. The Balaban J connectivity index is 2.59. The van der Waals surface area contributed by atoms with Gasteiger partial charge in [0.25, 0.3) is 0 Å². The highest BCUT2D eigenvalue weighted by Gasteiger charge is 2.09. The molecule has 0 amide bonds. The Hall–Kier alpha value is -1.25.